The van der Waals surface area contributed by atoms with Gasteiger partial charge in [0.05, 0.1) is 0 Å². The lowest BCUT2D eigenvalue weighted by molar-refractivity contribution is -0.125. The first kappa shape index (κ1) is 14.7. The number of para-hydroxylation sites is 2. The summed E-state index contributed by atoms with van der Waals surface area (Å²) in [4.78, 5) is 16.6. The molecule has 5 nitrogen and oxygen atoms in total. The Kier molecular flexibility index (Phi) is 3.88. The summed E-state index contributed by atoms with van der Waals surface area (Å²) >= 11 is 1.58. The van der Waals surface area contributed by atoms with Crippen molar-refractivity contribution in [3.63, 3.8) is 0 Å². The first-order valence-electron chi connectivity index (χ1n) is 7.49. The molecular formula is C18H14N2O3S. The number of carbonyl (C=O) groups excluding carboxylic acids is 1. The van der Waals surface area contributed by atoms with Crippen molar-refractivity contribution < 1.29 is 14.3 Å². The maximum atomic E-state index is 12.4. The number of hydrogen-bond acceptors (Lipinski definition) is 5. The average molecular weight is 338 g/mol. The van der Waals surface area contributed by atoms with E-state index in [1.54, 1.807) is 23.6 Å². The molecule has 0 saturated carbocycles. The Hall–Kier alpha value is -2.86. The second-order valence-corrected chi connectivity index (χ2v) is 6.16. The highest BCUT2D eigenvalue weighted by molar-refractivity contribution is 7.13. The summed E-state index contributed by atoms with van der Waals surface area (Å²) in [5, 5.41) is 5.74. The summed E-state index contributed by atoms with van der Waals surface area (Å²) in [6.45, 7) is 0.194. The van der Waals surface area contributed by atoms with Crippen molar-refractivity contribution in [3.05, 3.63) is 60.1 Å². The molecule has 1 amide bonds. The normalized spacial score (nSPS) is 15.8. The SMILES string of the molecule is O=C(Nc1ccc(-c2nccs2)cc1)[C@@H]1COc2ccccc2O1. The molecule has 1 N–H and O–H groups in total. The van der Waals surface area contributed by atoms with E-state index in [4.69, 9.17) is 9.47 Å². The summed E-state index contributed by atoms with van der Waals surface area (Å²) in [6, 6.07) is 14.9. The third kappa shape index (κ3) is 2.96. The molecule has 1 atom stereocenters. The van der Waals surface area contributed by atoms with Crippen LogP contribution in [-0.4, -0.2) is 23.6 Å². The number of thiazole rings is 1. The highest BCUT2D eigenvalue weighted by Gasteiger charge is 2.27. The Balaban J connectivity index is 1.43. The number of aromatic nitrogens is 1. The van der Waals surface area contributed by atoms with Crippen molar-refractivity contribution in [1.29, 1.82) is 0 Å². The largest absolute Gasteiger partial charge is 0.485 e. The molecule has 120 valence electrons. The van der Waals surface area contributed by atoms with Gasteiger partial charge in [-0.1, -0.05) is 12.1 Å². The maximum Gasteiger partial charge on any atom is 0.269 e. The molecule has 2 aromatic carbocycles. The molecule has 0 saturated heterocycles. The third-order valence-electron chi connectivity index (χ3n) is 3.63. The van der Waals surface area contributed by atoms with E-state index >= 15 is 0 Å². The van der Waals surface area contributed by atoms with Crippen LogP contribution in [0.1, 0.15) is 0 Å². The van der Waals surface area contributed by atoms with E-state index in [0.29, 0.717) is 17.2 Å². The van der Waals surface area contributed by atoms with Gasteiger partial charge in [-0.2, -0.15) is 0 Å². The fourth-order valence-electron chi connectivity index (χ4n) is 2.43. The number of nitrogens with one attached hydrogen (secondary N) is 1. The van der Waals surface area contributed by atoms with Crippen LogP contribution in [0, 0.1) is 0 Å². The van der Waals surface area contributed by atoms with Crippen LogP contribution < -0.4 is 14.8 Å². The van der Waals surface area contributed by atoms with Crippen molar-refractivity contribution in [1.82, 2.24) is 4.98 Å². The number of benzene rings is 2. The predicted octanol–water partition coefficient (Wildman–Crippen LogP) is 3.59. The van der Waals surface area contributed by atoms with Crippen LogP contribution in [0.3, 0.4) is 0 Å². The van der Waals surface area contributed by atoms with Gasteiger partial charge in [0.25, 0.3) is 5.91 Å². The number of fused-ring (bicyclic) bond motifs is 1. The van der Waals surface area contributed by atoms with E-state index in [1.807, 2.05) is 47.8 Å². The lowest BCUT2D eigenvalue weighted by Gasteiger charge is -2.25. The van der Waals surface area contributed by atoms with E-state index in [2.05, 4.69) is 10.3 Å². The Morgan fingerprint density at radius 1 is 1.12 bits per heavy atom. The van der Waals surface area contributed by atoms with Gasteiger partial charge in [-0.25, -0.2) is 4.98 Å². The molecule has 4 rings (SSSR count). The molecule has 1 aliphatic rings. The lowest BCUT2D eigenvalue weighted by Crippen LogP contribution is -2.40. The number of nitrogens with zero attached hydrogens (tertiary/aromatic N) is 1. The summed E-state index contributed by atoms with van der Waals surface area (Å²) in [6.07, 6.45) is 1.10. The molecule has 0 bridgehead atoms. The molecule has 0 spiro atoms. The number of hydrogen-bond donors (Lipinski definition) is 1. The summed E-state index contributed by atoms with van der Waals surface area (Å²) < 4.78 is 11.3. The van der Waals surface area contributed by atoms with E-state index in [0.717, 1.165) is 10.6 Å². The zero-order chi connectivity index (χ0) is 16.4. The van der Waals surface area contributed by atoms with E-state index in [1.165, 1.54) is 0 Å². The van der Waals surface area contributed by atoms with Crippen LogP contribution in [-0.2, 0) is 4.79 Å². The second kappa shape index (κ2) is 6.33. The molecule has 0 aliphatic carbocycles. The summed E-state index contributed by atoms with van der Waals surface area (Å²) in [5.74, 6) is 1.02. The van der Waals surface area contributed by atoms with Crippen LogP contribution in [0.15, 0.2) is 60.1 Å². The fraction of sp³-hybridized carbons (Fsp3) is 0.111. The monoisotopic (exact) mass is 338 g/mol. The highest BCUT2D eigenvalue weighted by atomic mass is 32.1. The van der Waals surface area contributed by atoms with Gasteiger partial charge in [-0.3, -0.25) is 4.79 Å². The zero-order valence-electron chi connectivity index (χ0n) is 12.6. The van der Waals surface area contributed by atoms with E-state index in [9.17, 15) is 4.79 Å². The third-order valence-corrected chi connectivity index (χ3v) is 4.45. The fourth-order valence-corrected chi connectivity index (χ4v) is 3.08. The van der Waals surface area contributed by atoms with Crippen LogP contribution in [0.2, 0.25) is 0 Å². The van der Waals surface area contributed by atoms with Gasteiger partial charge in [0.1, 0.15) is 11.6 Å². The highest BCUT2D eigenvalue weighted by Crippen LogP contribution is 2.31. The Bertz CT molecular complexity index is 847. The zero-order valence-corrected chi connectivity index (χ0v) is 13.5. The number of rotatable bonds is 3. The van der Waals surface area contributed by atoms with Gasteiger partial charge >= 0.3 is 0 Å². The first-order valence-corrected chi connectivity index (χ1v) is 8.37. The van der Waals surface area contributed by atoms with Gasteiger partial charge in [0, 0.05) is 22.8 Å². The van der Waals surface area contributed by atoms with E-state index in [-0.39, 0.29) is 12.5 Å². The molecule has 0 fully saturated rings. The summed E-state index contributed by atoms with van der Waals surface area (Å²) in [5.41, 5.74) is 1.73. The molecule has 3 aromatic rings. The van der Waals surface area contributed by atoms with Crippen molar-refractivity contribution in [2.24, 2.45) is 0 Å². The molecule has 6 heteroatoms. The topological polar surface area (TPSA) is 60.5 Å². The predicted molar refractivity (Wildman–Crippen MR) is 92.5 cm³/mol. The van der Waals surface area contributed by atoms with Crippen LogP contribution in [0.5, 0.6) is 11.5 Å². The van der Waals surface area contributed by atoms with E-state index < -0.39 is 6.10 Å². The van der Waals surface area contributed by atoms with Crippen molar-refractivity contribution >= 4 is 22.9 Å². The number of ether oxygens (including phenoxy) is 2. The number of carbonyl (C=O) groups is 1. The molecule has 24 heavy (non-hydrogen) atoms. The Morgan fingerprint density at radius 2 is 1.92 bits per heavy atom. The van der Waals surface area contributed by atoms with Gasteiger partial charge in [-0.15, -0.1) is 11.3 Å². The second-order valence-electron chi connectivity index (χ2n) is 5.27. The smallest absolute Gasteiger partial charge is 0.269 e. The van der Waals surface area contributed by atoms with Gasteiger partial charge < -0.3 is 14.8 Å². The van der Waals surface area contributed by atoms with Crippen LogP contribution in [0.25, 0.3) is 10.6 Å². The van der Waals surface area contributed by atoms with Gasteiger partial charge in [-0.05, 0) is 36.4 Å². The average Bonchev–Trinajstić information content (AvgIpc) is 3.16. The lowest BCUT2D eigenvalue weighted by atomic mass is 10.2. The molecule has 0 radical (unpaired) electrons. The standard InChI is InChI=1S/C18H14N2O3S/c21-17(16-11-22-14-3-1-2-4-15(14)23-16)20-13-7-5-12(6-8-13)18-19-9-10-24-18/h1-10,16H,11H2,(H,20,21)/t16-/m0/s1. The minimum Gasteiger partial charge on any atom is -0.485 e. The maximum absolute atomic E-state index is 12.4. The molecule has 1 aliphatic heterocycles. The summed E-state index contributed by atoms with van der Waals surface area (Å²) in [7, 11) is 0. The van der Waals surface area contributed by atoms with Gasteiger partial charge in [0.15, 0.2) is 11.5 Å². The molecular weight excluding hydrogens is 324 g/mol. The Labute approximate surface area is 142 Å². The van der Waals surface area contributed by atoms with Crippen molar-refractivity contribution in [3.8, 4) is 22.1 Å². The molecule has 0 unspecified atom stereocenters. The van der Waals surface area contributed by atoms with Crippen molar-refractivity contribution in [2.45, 2.75) is 6.10 Å². The first-order chi connectivity index (χ1) is 11.8. The van der Waals surface area contributed by atoms with Crippen molar-refractivity contribution in [2.75, 3.05) is 11.9 Å². The quantitative estimate of drug-likeness (QED) is 0.793. The minimum absolute atomic E-state index is 0.194. The van der Waals surface area contributed by atoms with Gasteiger partial charge in [0.2, 0.25) is 6.10 Å². The van der Waals surface area contributed by atoms with Crippen LogP contribution >= 0.6 is 11.3 Å². The number of amides is 1. The number of anilines is 1. The molecule has 1 aromatic heterocycles. The minimum atomic E-state index is -0.668. The Morgan fingerprint density at radius 3 is 2.67 bits per heavy atom. The van der Waals surface area contributed by atoms with Crippen LogP contribution in [0.4, 0.5) is 5.69 Å². The molecule has 2 heterocycles.